The highest BCUT2D eigenvalue weighted by Gasteiger charge is 2.24. The number of aliphatic hydroxyl groups is 2. The summed E-state index contributed by atoms with van der Waals surface area (Å²) in [6.07, 6.45) is 13.1. The molecule has 2 heteroatoms. The average molecular weight is 258 g/mol. The predicted molar refractivity (Wildman–Crippen MR) is 78.8 cm³/mol. The summed E-state index contributed by atoms with van der Waals surface area (Å²) < 4.78 is 0. The minimum absolute atomic E-state index is 0.316. The van der Waals surface area contributed by atoms with Gasteiger partial charge in [-0.15, -0.1) is 0 Å². The van der Waals surface area contributed by atoms with Crippen molar-refractivity contribution >= 4 is 0 Å². The first-order valence-electron chi connectivity index (χ1n) is 8.01. The summed E-state index contributed by atoms with van der Waals surface area (Å²) in [5, 5.41) is 19.3. The third kappa shape index (κ3) is 9.90. The molecular formula is C16H34O2. The molecule has 0 heterocycles. The molecule has 0 aromatic carbocycles. The van der Waals surface area contributed by atoms with Gasteiger partial charge in [0.25, 0.3) is 0 Å². The highest BCUT2D eigenvalue weighted by atomic mass is 16.3. The van der Waals surface area contributed by atoms with Gasteiger partial charge >= 0.3 is 0 Å². The lowest BCUT2D eigenvalue weighted by Crippen LogP contribution is -2.28. The van der Waals surface area contributed by atoms with E-state index in [1.165, 1.54) is 25.7 Å². The standard InChI is InChI=1S/C16H34O2/c1-3-5-12-16(18,13-6-4-2)14-10-8-7-9-11-15-17/h17-18H,3-15H2,1-2H3. The number of hydrogen-bond donors (Lipinski definition) is 2. The van der Waals surface area contributed by atoms with Gasteiger partial charge in [-0.25, -0.2) is 0 Å². The highest BCUT2D eigenvalue weighted by molar-refractivity contribution is 4.78. The van der Waals surface area contributed by atoms with Crippen LogP contribution in [0.3, 0.4) is 0 Å². The summed E-state index contributed by atoms with van der Waals surface area (Å²) in [6.45, 7) is 4.70. The van der Waals surface area contributed by atoms with E-state index in [9.17, 15) is 5.11 Å². The van der Waals surface area contributed by atoms with Crippen molar-refractivity contribution in [2.24, 2.45) is 0 Å². The summed E-state index contributed by atoms with van der Waals surface area (Å²) in [5.74, 6) is 0. The molecule has 18 heavy (non-hydrogen) atoms. The maximum atomic E-state index is 10.6. The number of hydrogen-bond acceptors (Lipinski definition) is 2. The Morgan fingerprint density at radius 1 is 0.667 bits per heavy atom. The zero-order valence-corrected chi connectivity index (χ0v) is 12.6. The van der Waals surface area contributed by atoms with Gasteiger partial charge in [-0.05, 0) is 25.7 Å². The average Bonchev–Trinajstić information content (AvgIpc) is 2.38. The van der Waals surface area contributed by atoms with Crippen LogP contribution in [0.5, 0.6) is 0 Å². The van der Waals surface area contributed by atoms with Crippen molar-refractivity contribution in [1.29, 1.82) is 0 Å². The lowest BCUT2D eigenvalue weighted by Gasteiger charge is -2.28. The number of aliphatic hydroxyl groups excluding tert-OH is 1. The Bertz CT molecular complexity index is 160. The highest BCUT2D eigenvalue weighted by Crippen LogP contribution is 2.27. The molecular weight excluding hydrogens is 224 g/mol. The Hall–Kier alpha value is -0.0800. The topological polar surface area (TPSA) is 40.5 Å². The molecule has 2 nitrogen and oxygen atoms in total. The van der Waals surface area contributed by atoms with Gasteiger partial charge in [0, 0.05) is 6.61 Å². The van der Waals surface area contributed by atoms with Gasteiger partial charge < -0.3 is 10.2 Å². The molecule has 0 saturated carbocycles. The first-order chi connectivity index (χ1) is 8.68. The SMILES string of the molecule is CCCCC(O)(CCCC)CCCCCCCO. The molecule has 0 aliphatic rings. The van der Waals surface area contributed by atoms with E-state index in [0.29, 0.717) is 6.61 Å². The van der Waals surface area contributed by atoms with Crippen molar-refractivity contribution in [2.75, 3.05) is 6.61 Å². The van der Waals surface area contributed by atoms with Crippen molar-refractivity contribution in [1.82, 2.24) is 0 Å². The molecule has 0 radical (unpaired) electrons. The second-order valence-electron chi connectivity index (χ2n) is 5.67. The molecule has 0 amide bonds. The van der Waals surface area contributed by atoms with E-state index in [-0.39, 0.29) is 0 Å². The molecule has 0 saturated heterocycles. The second kappa shape index (κ2) is 12.0. The molecule has 0 atom stereocenters. The molecule has 0 fully saturated rings. The number of unbranched alkanes of at least 4 members (excludes halogenated alkanes) is 6. The Kier molecular flexibility index (Phi) is 11.9. The van der Waals surface area contributed by atoms with Gasteiger partial charge in [-0.3, -0.25) is 0 Å². The van der Waals surface area contributed by atoms with Gasteiger partial charge in [-0.2, -0.15) is 0 Å². The van der Waals surface area contributed by atoms with E-state index >= 15 is 0 Å². The van der Waals surface area contributed by atoms with E-state index < -0.39 is 5.60 Å². The molecule has 2 N–H and O–H groups in total. The van der Waals surface area contributed by atoms with Crippen LogP contribution in [0.1, 0.15) is 90.9 Å². The summed E-state index contributed by atoms with van der Waals surface area (Å²) in [6, 6.07) is 0. The Morgan fingerprint density at radius 2 is 1.11 bits per heavy atom. The lowest BCUT2D eigenvalue weighted by molar-refractivity contribution is 0.00786. The van der Waals surface area contributed by atoms with Crippen LogP contribution < -0.4 is 0 Å². The van der Waals surface area contributed by atoms with Crippen molar-refractivity contribution in [3.8, 4) is 0 Å². The fraction of sp³-hybridized carbons (Fsp3) is 1.00. The van der Waals surface area contributed by atoms with E-state index in [1.54, 1.807) is 0 Å². The van der Waals surface area contributed by atoms with Gasteiger partial charge in [0.2, 0.25) is 0 Å². The van der Waals surface area contributed by atoms with Gasteiger partial charge in [0.05, 0.1) is 5.60 Å². The van der Waals surface area contributed by atoms with Crippen molar-refractivity contribution in [3.05, 3.63) is 0 Å². The summed E-state index contributed by atoms with van der Waals surface area (Å²) >= 11 is 0. The molecule has 0 bridgehead atoms. The predicted octanol–water partition coefficient (Wildman–Crippen LogP) is 4.43. The van der Waals surface area contributed by atoms with Crippen LogP contribution >= 0.6 is 0 Å². The molecule has 0 aromatic rings. The zero-order valence-electron chi connectivity index (χ0n) is 12.6. The second-order valence-corrected chi connectivity index (χ2v) is 5.67. The summed E-state index contributed by atoms with van der Waals surface area (Å²) in [4.78, 5) is 0. The maximum Gasteiger partial charge on any atom is 0.0647 e. The normalized spacial score (nSPS) is 12.0. The molecule has 0 unspecified atom stereocenters. The minimum Gasteiger partial charge on any atom is -0.396 e. The monoisotopic (exact) mass is 258 g/mol. The smallest absolute Gasteiger partial charge is 0.0647 e. The van der Waals surface area contributed by atoms with Gasteiger partial charge in [-0.1, -0.05) is 65.2 Å². The van der Waals surface area contributed by atoms with Crippen molar-refractivity contribution < 1.29 is 10.2 Å². The van der Waals surface area contributed by atoms with Crippen LogP contribution in [0.2, 0.25) is 0 Å². The first-order valence-corrected chi connectivity index (χ1v) is 8.01. The van der Waals surface area contributed by atoms with Crippen LogP contribution in [0, 0.1) is 0 Å². The molecule has 110 valence electrons. The molecule has 0 spiro atoms. The Labute approximate surface area is 114 Å². The quantitative estimate of drug-likeness (QED) is 0.480. The Balaban J connectivity index is 3.77. The molecule has 0 rings (SSSR count). The van der Waals surface area contributed by atoms with E-state index in [0.717, 1.165) is 51.4 Å². The summed E-state index contributed by atoms with van der Waals surface area (Å²) in [7, 11) is 0. The van der Waals surface area contributed by atoms with Gasteiger partial charge in [0.1, 0.15) is 0 Å². The van der Waals surface area contributed by atoms with E-state index in [4.69, 9.17) is 5.11 Å². The van der Waals surface area contributed by atoms with Crippen LogP contribution in [0.4, 0.5) is 0 Å². The van der Waals surface area contributed by atoms with Crippen LogP contribution in [-0.4, -0.2) is 22.4 Å². The van der Waals surface area contributed by atoms with E-state index in [1.807, 2.05) is 0 Å². The fourth-order valence-corrected chi connectivity index (χ4v) is 2.48. The fourth-order valence-electron chi connectivity index (χ4n) is 2.48. The van der Waals surface area contributed by atoms with E-state index in [2.05, 4.69) is 13.8 Å². The van der Waals surface area contributed by atoms with Crippen molar-refractivity contribution in [2.45, 2.75) is 96.5 Å². The van der Waals surface area contributed by atoms with Crippen LogP contribution in [-0.2, 0) is 0 Å². The largest absolute Gasteiger partial charge is 0.396 e. The van der Waals surface area contributed by atoms with Crippen LogP contribution in [0.25, 0.3) is 0 Å². The minimum atomic E-state index is -0.400. The molecule has 0 aromatic heterocycles. The first kappa shape index (κ1) is 17.9. The zero-order chi connectivity index (χ0) is 13.7. The maximum absolute atomic E-state index is 10.6. The van der Waals surface area contributed by atoms with Gasteiger partial charge in [0.15, 0.2) is 0 Å². The third-order valence-electron chi connectivity index (χ3n) is 3.79. The Morgan fingerprint density at radius 3 is 1.61 bits per heavy atom. The molecule has 0 aliphatic carbocycles. The van der Waals surface area contributed by atoms with Crippen molar-refractivity contribution in [3.63, 3.8) is 0 Å². The third-order valence-corrected chi connectivity index (χ3v) is 3.79. The van der Waals surface area contributed by atoms with Crippen LogP contribution in [0.15, 0.2) is 0 Å². The lowest BCUT2D eigenvalue weighted by atomic mass is 9.86. The molecule has 0 aliphatic heterocycles. The summed E-state index contributed by atoms with van der Waals surface area (Å²) in [5.41, 5.74) is -0.400. The number of rotatable bonds is 13.